The largest absolute Gasteiger partial charge is 0.464 e. The van der Waals surface area contributed by atoms with E-state index in [1.165, 1.54) is 16.3 Å². The third-order valence-electron chi connectivity index (χ3n) is 6.23. The van der Waals surface area contributed by atoms with Crippen LogP contribution in [-0.2, 0) is 0 Å². The first-order valence-electron chi connectivity index (χ1n) is 10.5. The Morgan fingerprint density at radius 2 is 1.71 bits per heavy atom. The van der Waals surface area contributed by atoms with Gasteiger partial charge in [0.2, 0.25) is 6.23 Å². The van der Waals surface area contributed by atoms with Gasteiger partial charge in [0.15, 0.2) is 0 Å². The van der Waals surface area contributed by atoms with Crippen LogP contribution in [0.25, 0.3) is 10.8 Å². The zero-order chi connectivity index (χ0) is 20.9. The van der Waals surface area contributed by atoms with Crippen molar-refractivity contribution < 1.29 is 4.74 Å². The van der Waals surface area contributed by atoms with E-state index < -0.39 is 0 Å². The Hall–Kier alpha value is -3.30. The van der Waals surface area contributed by atoms with Crippen LogP contribution >= 0.6 is 11.6 Å². The number of benzene rings is 4. The fraction of sp³-hybridized carbons (Fsp3) is 0.148. The SMILES string of the molecule is Cc1ccc(C2=NN3C(C2)c2cc(Cl)ccc2OC3c2cccc3ccccc23)cc1. The van der Waals surface area contributed by atoms with Gasteiger partial charge < -0.3 is 4.74 Å². The van der Waals surface area contributed by atoms with Gasteiger partial charge in [-0.1, -0.05) is 83.9 Å². The summed E-state index contributed by atoms with van der Waals surface area (Å²) in [6.07, 6.45) is 0.522. The summed E-state index contributed by atoms with van der Waals surface area (Å²) in [6.45, 7) is 2.10. The number of fused-ring (bicyclic) bond motifs is 4. The summed E-state index contributed by atoms with van der Waals surface area (Å²) in [4.78, 5) is 0. The second-order valence-corrected chi connectivity index (χ2v) is 8.67. The zero-order valence-corrected chi connectivity index (χ0v) is 17.9. The molecule has 0 amide bonds. The maximum atomic E-state index is 6.56. The highest BCUT2D eigenvalue weighted by Gasteiger charge is 2.41. The number of aryl methyl sites for hydroxylation is 1. The molecule has 0 fully saturated rings. The minimum Gasteiger partial charge on any atom is -0.464 e. The molecule has 6 rings (SSSR count). The molecule has 4 aromatic carbocycles. The van der Waals surface area contributed by atoms with Gasteiger partial charge in [0.1, 0.15) is 5.75 Å². The van der Waals surface area contributed by atoms with E-state index in [0.29, 0.717) is 0 Å². The van der Waals surface area contributed by atoms with Gasteiger partial charge in [-0.25, -0.2) is 5.01 Å². The van der Waals surface area contributed by atoms with Crippen molar-refractivity contribution in [1.82, 2.24) is 5.01 Å². The summed E-state index contributed by atoms with van der Waals surface area (Å²) in [5.41, 5.74) is 5.69. The normalized spacial score (nSPS) is 19.5. The van der Waals surface area contributed by atoms with E-state index in [1.54, 1.807) is 0 Å². The van der Waals surface area contributed by atoms with Crippen molar-refractivity contribution in [1.29, 1.82) is 0 Å². The van der Waals surface area contributed by atoms with Crippen LogP contribution in [0.2, 0.25) is 5.02 Å². The highest BCUT2D eigenvalue weighted by molar-refractivity contribution is 6.30. The Balaban J connectivity index is 1.51. The second kappa shape index (κ2) is 7.14. The summed E-state index contributed by atoms with van der Waals surface area (Å²) in [6, 6.07) is 29.4. The molecular formula is C27H21ClN2O. The van der Waals surface area contributed by atoms with Gasteiger partial charge in [-0.3, -0.25) is 0 Å². The first-order chi connectivity index (χ1) is 15.2. The summed E-state index contributed by atoms with van der Waals surface area (Å²) in [5.74, 6) is 0.879. The highest BCUT2D eigenvalue weighted by atomic mass is 35.5. The van der Waals surface area contributed by atoms with Gasteiger partial charge in [-0.05, 0) is 41.5 Å². The zero-order valence-electron chi connectivity index (χ0n) is 17.1. The molecule has 0 aliphatic carbocycles. The van der Waals surface area contributed by atoms with Crippen molar-refractivity contribution in [3.63, 3.8) is 0 Å². The lowest BCUT2D eigenvalue weighted by molar-refractivity contribution is -0.0180. The second-order valence-electron chi connectivity index (χ2n) is 8.23. The highest BCUT2D eigenvalue weighted by Crippen LogP contribution is 2.49. The van der Waals surface area contributed by atoms with E-state index in [0.717, 1.165) is 39.6 Å². The molecule has 2 heterocycles. The van der Waals surface area contributed by atoms with Crippen LogP contribution in [0.1, 0.15) is 40.9 Å². The van der Waals surface area contributed by atoms with Crippen LogP contribution in [-0.4, -0.2) is 10.7 Å². The number of rotatable bonds is 2. The summed E-state index contributed by atoms with van der Waals surface area (Å²) in [7, 11) is 0. The molecule has 2 atom stereocenters. The molecule has 2 unspecified atom stereocenters. The number of halogens is 1. The Kier molecular flexibility index (Phi) is 4.25. The van der Waals surface area contributed by atoms with Crippen LogP contribution in [0.3, 0.4) is 0 Å². The summed E-state index contributed by atoms with van der Waals surface area (Å²) in [5, 5.41) is 10.3. The van der Waals surface area contributed by atoms with Gasteiger partial charge in [0.25, 0.3) is 0 Å². The topological polar surface area (TPSA) is 24.8 Å². The molecular weight excluding hydrogens is 404 g/mol. The van der Waals surface area contributed by atoms with Crippen molar-refractivity contribution in [2.75, 3.05) is 0 Å². The van der Waals surface area contributed by atoms with Gasteiger partial charge in [-0.2, -0.15) is 5.10 Å². The smallest absolute Gasteiger partial charge is 0.214 e. The fourth-order valence-corrected chi connectivity index (χ4v) is 4.83. The van der Waals surface area contributed by atoms with Crippen LogP contribution in [0.15, 0.2) is 90.0 Å². The van der Waals surface area contributed by atoms with E-state index >= 15 is 0 Å². The molecule has 2 aliphatic rings. The van der Waals surface area contributed by atoms with E-state index in [9.17, 15) is 0 Å². The van der Waals surface area contributed by atoms with Gasteiger partial charge in [0, 0.05) is 22.6 Å². The Morgan fingerprint density at radius 1 is 0.903 bits per heavy atom. The van der Waals surface area contributed by atoms with Crippen LogP contribution in [0.4, 0.5) is 0 Å². The lowest BCUT2D eigenvalue weighted by atomic mass is 9.95. The summed E-state index contributed by atoms with van der Waals surface area (Å²) < 4.78 is 6.56. The summed E-state index contributed by atoms with van der Waals surface area (Å²) >= 11 is 6.36. The maximum absolute atomic E-state index is 6.56. The number of hydrogen-bond donors (Lipinski definition) is 0. The van der Waals surface area contributed by atoms with E-state index in [4.69, 9.17) is 21.4 Å². The van der Waals surface area contributed by atoms with Crippen molar-refractivity contribution in [2.24, 2.45) is 5.10 Å². The molecule has 152 valence electrons. The first-order valence-corrected chi connectivity index (χ1v) is 10.9. The monoisotopic (exact) mass is 424 g/mol. The molecule has 4 heteroatoms. The van der Waals surface area contributed by atoms with Gasteiger partial charge >= 0.3 is 0 Å². The van der Waals surface area contributed by atoms with Crippen molar-refractivity contribution >= 4 is 28.1 Å². The van der Waals surface area contributed by atoms with Crippen LogP contribution < -0.4 is 4.74 Å². The molecule has 0 bridgehead atoms. The molecule has 0 N–H and O–H groups in total. The Bertz CT molecular complexity index is 1320. The van der Waals surface area contributed by atoms with Crippen LogP contribution in [0, 0.1) is 6.92 Å². The minimum absolute atomic E-state index is 0.0859. The fourth-order valence-electron chi connectivity index (χ4n) is 4.65. The van der Waals surface area contributed by atoms with E-state index in [-0.39, 0.29) is 12.3 Å². The standard InChI is InChI=1S/C27H21ClN2O/c1-17-9-11-19(12-10-17)24-16-25-23-15-20(28)13-14-26(23)31-27(30(25)29-24)22-8-4-6-18-5-2-3-7-21(18)22/h2-15,25,27H,16H2,1H3. The third-order valence-corrected chi connectivity index (χ3v) is 6.46. The average molecular weight is 425 g/mol. The third kappa shape index (κ3) is 3.08. The lowest BCUT2D eigenvalue weighted by Gasteiger charge is -2.38. The van der Waals surface area contributed by atoms with Crippen molar-refractivity contribution in [2.45, 2.75) is 25.6 Å². The molecule has 31 heavy (non-hydrogen) atoms. The molecule has 3 nitrogen and oxygen atoms in total. The Labute approximate surface area is 186 Å². The van der Waals surface area contributed by atoms with Crippen molar-refractivity contribution in [3.8, 4) is 5.75 Å². The molecule has 0 saturated carbocycles. The average Bonchev–Trinajstić information content (AvgIpc) is 3.25. The lowest BCUT2D eigenvalue weighted by Crippen LogP contribution is -2.33. The molecule has 2 aliphatic heterocycles. The van der Waals surface area contributed by atoms with Gasteiger partial charge in [-0.15, -0.1) is 0 Å². The molecule has 4 aromatic rings. The molecule has 0 radical (unpaired) electrons. The Morgan fingerprint density at radius 3 is 2.58 bits per heavy atom. The first kappa shape index (κ1) is 18.5. The predicted octanol–water partition coefficient (Wildman–Crippen LogP) is 7.04. The number of hydrazone groups is 1. The van der Waals surface area contributed by atoms with Crippen LogP contribution in [0.5, 0.6) is 5.75 Å². The van der Waals surface area contributed by atoms with E-state index in [2.05, 4.69) is 78.7 Å². The number of ether oxygens (including phenoxy) is 1. The van der Waals surface area contributed by atoms with E-state index in [1.807, 2.05) is 18.2 Å². The minimum atomic E-state index is -0.298. The number of hydrogen-bond acceptors (Lipinski definition) is 3. The molecule has 0 saturated heterocycles. The van der Waals surface area contributed by atoms with Crippen molar-refractivity contribution in [3.05, 3.63) is 112 Å². The molecule has 0 spiro atoms. The maximum Gasteiger partial charge on any atom is 0.214 e. The predicted molar refractivity (Wildman–Crippen MR) is 126 cm³/mol. The van der Waals surface area contributed by atoms with Gasteiger partial charge in [0.05, 0.1) is 11.8 Å². The number of nitrogens with zero attached hydrogens (tertiary/aromatic N) is 2. The quantitative estimate of drug-likeness (QED) is 0.344. The molecule has 0 aromatic heterocycles.